The smallest absolute Gasteiger partial charge is 0.339 e. The van der Waals surface area contributed by atoms with Gasteiger partial charge in [0.25, 0.3) is 5.91 Å². The lowest BCUT2D eigenvalue weighted by atomic mass is 10.1. The van der Waals surface area contributed by atoms with Crippen molar-refractivity contribution in [2.75, 3.05) is 6.61 Å². The van der Waals surface area contributed by atoms with Crippen molar-refractivity contribution >= 4 is 11.9 Å². The third-order valence-electron chi connectivity index (χ3n) is 3.87. The first kappa shape index (κ1) is 20.6. The molecule has 1 aromatic carbocycles. The predicted octanol–water partition coefficient (Wildman–Crippen LogP) is 3.42. The van der Waals surface area contributed by atoms with Gasteiger partial charge in [0.15, 0.2) is 0 Å². The number of hydrogen-bond donors (Lipinski definition) is 1. The van der Waals surface area contributed by atoms with E-state index in [1.807, 2.05) is 38.1 Å². The van der Waals surface area contributed by atoms with Gasteiger partial charge in [-0.15, -0.1) is 0 Å². The summed E-state index contributed by atoms with van der Waals surface area (Å²) < 4.78 is 10.5. The number of hydrogen-bond acceptors (Lipinski definition) is 5. The molecule has 144 valence electrons. The minimum absolute atomic E-state index is 0.190. The summed E-state index contributed by atoms with van der Waals surface area (Å²) in [5.74, 6) is -0.725. The Morgan fingerprint density at radius 2 is 1.74 bits per heavy atom. The number of esters is 1. The van der Waals surface area contributed by atoms with Gasteiger partial charge in [0.2, 0.25) is 0 Å². The van der Waals surface area contributed by atoms with E-state index in [0.29, 0.717) is 31.0 Å². The Bertz CT molecular complexity index is 785. The Balaban J connectivity index is 1.93. The first-order valence-corrected chi connectivity index (χ1v) is 9.03. The number of carbonyl (C=O) groups excluding carboxylic acids is 2. The molecule has 0 aliphatic carbocycles. The molecule has 1 aromatic heterocycles. The molecule has 0 atom stereocenters. The Morgan fingerprint density at radius 1 is 1.07 bits per heavy atom. The molecule has 0 aliphatic heterocycles. The fourth-order valence-corrected chi connectivity index (χ4v) is 2.40. The van der Waals surface area contributed by atoms with E-state index in [2.05, 4.69) is 10.3 Å². The molecule has 6 nitrogen and oxygen atoms in total. The Labute approximate surface area is 159 Å². The van der Waals surface area contributed by atoms with E-state index < -0.39 is 5.97 Å². The molecule has 0 aliphatic rings. The molecule has 2 rings (SSSR count). The number of pyridine rings is 1. The number of ether oxygens (including phenoxy) is 2. The normalized spacial score (nSPS) is 10.7. The third kappa shape index (κ3) is 6.18. The molecule has 1 amide bonds. The van der Waals surface area contributed by atoms with E-state index in [4.69, 9.17) is 9.47 Å². The molecule has 0 bridgehead atoms. The highest BCUT2D eigenvalue weighted by Crippen LogP contribution is 2.10. The monoisotopic (exact) mass is 370 g/mol. The second kappa shape index (κ2) is 9.83. The Morgan fingerprint density at radius 3 is 2.33 bits per heavy atom. The Hall–Kier alpha value is -2.73. The maximum absolute atomic E-state index is 12.3. The van der Waals surface area contributed by atoms with E-state index in [9.17, 15) is 9.59 Å². The molecular formula is C21H26N2O4. The van der Waals surface area contributed by atoms with Gasteiger partial charge in [-0.1, -0.05) is 24.3 Å². The van der Waals surface area contributed by atoms with Crippen molar-refractivity contribution in [2.45, 2.75) is 47.0 Å². The lowest BCUT2D eigenvalue weighted by Gasteiger charge is -2.10. The van der Waals surface area contributed by atoms with Gasteiger partial charge in [0, 0.05) is 6.54 Å². The van der Waals surface area contributed by atoms with E-state index >= 15 is 0 Å². The predicted molar refractivity (Wildman–Crippen MR) is 102 cm³/mol. The van der Waals surface area contributed by atoms with Gasteiger partial charge in [-0.2, -0.15) is 0 Å². The number of rotatable bonds is 8. The highest BCUT2D eigenvalue weighted by molar-refractivity contribution is 5.95. The van der Waals surface area contributed by atoms with Gasteiger partial charge < -0.3 is 14.8 Å². The van der Waals surface area contributed by atoms with Crippen molar-refractivity contribution in [1.82, 2.24) is 10.3 Å². The summed E-state index contributed by atoms with van der Waals surface area (Å²) >= 11 is 0. The molecule has 0 fully saturated rings. The number of nitrogens with zero attached hydrogens (tertiary/aromatic N) is 1. The van der Waals surface area contributed by atoms with Crippen molar-refractivity contribution in [3.05, 3.63) is 64.5 Å². The summed E-state index contributed by atoms with van der Waals surface area (Å²) in [4.78, 5) is 28.3. The van der Waals surface area contributed by atoms with Crippen LogP contribution in [0.2, 0.25) is 0 Å². The van der Waals surface area contributed by atoms with Crippen LogP contribution in [0.5, 0.6) is 0 Å². The third-order valence-corrected chi connectivity index (χ3v) is 3.87. The summed E-state index contributed by atoms with van der Waals surface area (Å²) in [5.41, 5.74) is 3.17. The molecule has 2 aromatic rings. The van der Waals surface area contributed by atoms with Gasteiger partial charge in [-0.25, -0.2) is 9.78 Å². The lowest BCUT2D eigenvalue weighted by molar-refractivity contribution is 0.0524. The van der Waals surface area contributed by atoms with Crippen LogP contribution in [-0.4, -0.2) is 29.6 Å². The van der Waals surface area contributed by atoms with Crippen molar-refractivity contribution in [2.24, 2.45) is 0 Å². The topological polar surface area (TPSA) is 77.5 Å². The molecule has 0 saturated carbocycles. The average Bonchev–Trinajstić information content (AvgIpc) is 2.65. The van der Waals surface area contributed by atoms with Crippen LogP contribution in [0, 0.1) is 6.92 Å². The standard InChI is InChI=1S/C21H26N2O4/c1-5-26-21(25)18-10-11-19(23-15(18)4)20(24)22-12-16-6-8-17(9-7-16)13-27-14(2)3/h6-11,14H,5,12-13H2,1-4H3,(H,22,24). The van der Waals surface area contributed by atoms with Crippen LogP contribution in [0.15, 0.2) is 36.4 Å². The maximum atomic E-state index is 12.3. The number of amides is 1. The fraction of sp³-hybridized carbons (Fsp3) is 0.381. The van der Waals surface area contributed by atoms with Crippen molar-refractivity contribution in [1.29, 1.82) is 0 Å². The zero-order chi connectivity index (χ0) is 19.8. The number of benzene rings is 1. The van der Waals surface area contributed by atoms with Gasteiger partial charge in [-0.3, -0.25) is 4.79 Å². The fourth-order valence-electron chi connectivity index (χ4n) is 2.40. The van der Waals surface area contributed by atoms with Gasteiger partial charge in [0.05, 0.1) is 30.6 Å². The van der Waals surface area contributed by atoms with Gasteiger partial charge >= 0.3 is 5.97 Å². The highest BCUT2D eigenvalue weighted by Gasteiger charge is 2.14. The molecule has 0 spiro atoms. The van der Waals surface area contributed by atoms with E-state index in [-0.39, 0.29) is 17.7 Å². The van der Waals surface area contributed by atoms with E-state index in [0.717, 1.165) is 11.1 Å². The minimum Gasteiger partial charge on any atom is -0.462 e. The summed E-state index contributed by atoms with van der Waals surface area (Å²) in [6, 6.07) is 11.0. The summed E-state index contributed by atoms with van der Waals surface area (Å²) in [5, 5.41) is 2.84. The summed E-state index contributed by atoms with van der Waals surface area (Å²) in [7, 11) is 0. The molecule has 0 saturated heterocycles. The van der Waals surface area contributed by atoms with Gasteiger partial charge in [-0.05, 0) is 51.0 Å². The first-order valence-electron chi connectivity index (χ1n) is 9.03. The van der Waals surface area contributed by atoms with Crippen LogP contribution in [-0.2, 0) is 22.6 Å². The SMILES string of the molecule is CCOC(=O)c1ccc(C(=O)NCc2ccc(COC(C)C)cc2)nc1C. The first-order chi connectivity index (χ1) is 12.9. The maximum Gasteiger partial charge on any atom is 0.339 e. The Kier molecular flexibility index (Phi) is 7.49. The van der Waals surface area contributed by atoms with E-state index in [1.165, 1.54) is 6.07 Å². The van der Waals surface area contributed by atoms with Crippen LogP contribution in [0.3, 0.4) is 0 Å². The minimum atomic E-state index is -0.434. The molecule has 1 N–H and O–H groups in total. The number of aryl methyl sites for hydroxylation is 1. The number of aromatic nitrogens is 1. The average molecular weight is 370 g/mol. The molecule has 0 radical (unpaired) electrons. The highest BCUT2D eigenvalue weighted by atomic mass is 16.5. The molecular weight excluding hydrogens is 344 g/mol. The van der Waals surface area contributed by atoms with Crippen LogP contribution >= 0.6 is 0 Å². The molecule has 1 heterocycles. The van der Waals surface area contributed by atoms with Crippen molar-refractivity contribution in [3.63, 3.8) is 0 Å². The van der Waals surface area contributed by atoms with Crippen LogP contribution in [0.4, 0.5) is 0 Å². The summed E-state index contributed by atoms with van der Waals surface area (Å²) in [6.45, 7) is 8.68. The van der Waals surface area contributed by atoms with Crippen LogP contribution < -0.4 is 5.32 Å². The van der Waals surface area contributed by atoms with Crippen LogP contribution in [0.1, 0.15) is 58.4 Å². The number of carbonyl (C=O) groups is 2. The van der Waals surface area contributed by atoms with Crippen molar-refractivity contribution in [3.8, 4) is 0 Å². The van der Waals surface area contributed by atoms with Gasteiger partial charge in [0.1, 0.15) is 5.69 Å². The quantitative estimate of drug-likeness (QED) is 0.721. The van der Waals surface area contributed by atoms with Crippen molar-refractivity contribution < 1.29 is 19.1 Å². The number of nitrogens with one attached hydrogen (secondary N) is 1. The molecule has 0 unspecified atom stereocenters. The zero-order valence-corrected chi connectivity index (χ0v) is 16.2. The molecule has 6 heteroatoms. The van der Waals surface area contributed by atoms with Crippen LogP contribution in [0.25, 0.3) is 0 Å². The lowest BCUT2D eigenvalue weighted by Crippen LogP contribution is -2.24. The largest absolute Gasteiger partial charge is 0.462 e. The van der Waals surface area contributed by atoms with E-state index in [1.54, 1.807) is 19.9 Å². The second-order valence-corrected chi connectivity index (χ2v) is 6.41. The zero-order valence-electron chi connectivity index (χ0n) is 16.2. The molecule has 27 heavy (non-hydrogen) atoms. The summed E-state index contributed by atoms with van der Waals surface area (Å²) in [6.07, 6.45) is 0.190. The second-order valence-electron chi connectivity index (χ2n) is 6.41.